The van der Waals surface area contributed by atoms with Crippen molar-refractivity contribution in [3.05, 3.63) is 47.5 Å². The maximum Gasteiger partial charge on any atom is 0.263 e. The van der Waals surface area contributed by atoms with Crippen LogP contribution >= 0.6 is 0 Å². The Morgan fingerprint density at radius 3 is 2.39 bits per heavy atom. The Hall–Kier alpha value is -2.94. The average Bonchev–Trinajstić information content (AvgIpc) is 2.76. The summed E-state index contributed by atoms with van der Waals surface area (Å²) >= 11 is 0. The SMILES string of the molecule is C[C@H](NC(=O)[C@H]1CN(S(C)(=O)=O)c2cc(C(C)(C)C)ccc2O1)c1ccc2c(c1)OCCO2. The number of sulfonamides is 1. The number of nitrogens with one attached hydrogen (secondary N) is 1. The van der Waals surface area contributed by atoms with Gasteiger partial charge in [-0.25, -0.2) is 8.42 Å². The van der Waals surface area contributed by atoms with Crippen LogP contribution in [0.2, 0.25) is 0 Å². The molecule has 8 nitrogen and oxygen atoms in total. The Morgan fingerprint density at radius 1 is 1.06 bits per heavy atom. The maximum absolute atomic E-state index is 13.1. The van der Waals surface area contributed by atoms with Gasteiger partial charge in [-0.3, -0.25) is 9.10 Å². The van der Waals surface area contributed by atoms with Crippen molar-refractivity contribution in [3.63, 3.8) is 0 Å². The molecule has 0 unspecified atom stereocenters. The molecular formula is C24H30N2O6S. The molecule has 2 heterocycles. The Kier molecular flexibility index (Phi) is 5.94. The Bertz CT molecular complexity index is 1170. The van der Waals surface area contributed by atoms with Crippen molar-refractivity contribution in [2.24, 2.45) is 0 Å². The third kappa shape index (κ3) is 4.88. The van der Waals surface area contributed by atoms with E-state index in [0.717, 1.165) is 17.4 Å². The van der Waals surface area contributed by atoms with Crippen LogP contribution in [0.5, 0.6) is 17.2 Å². The summed E-state index contributed by atoms with van der Waals surface area (Å²) in [7, 11) is -3.62. The number of fused-ring (bicyclic) bond motifs is 2. The molecule has 0 aliphatic carbocycles. The molecule has 1 amide bonds. The second-order valence-corrected chi connectivity index (χ2v) is 11.4. The summed E-state index contributed by atoms with van der Waals surface area (Å²) in [5.74, 6) is 1.29. The maximum atomic E-state index is 13.1. The van der Waals surface area contributed by atoms with Gasteiger partial charge in [-0.15, -0.1) is 0 Å². The van der Waals surface area contributed by atoms with E-state index in [9.17, 15) is 13.2 Å². The zero-order chi connectivity index (χ0) is 24.0. The number of nitrogens with zero attached hydrogens (tertiary/aromatic N) is 1. The van der Waals surface area contributed by atoms with E-state index < -0.39 is 22.0 Å². The largest absolute Gasteiger partial charge is 0.486 e. The predicted molar refractivity (Wildman–Crippen MR) is 126 cm³/mol. The Labute approximate surface area is 194 Å². The van der Waals surface area contributed by atoms with Crippen molar-refractivity contribution in [2.75, 3.05) is 30.3 Å². The molecule has 33 heavy (non-hydrogen) atoms. The zero-order valence-corrected chi connectivity index (χ0v) is 20.4. The van der Waals surface area contributed by atoms with E-state index in [2.05, 4.69) is 26.1 Å². The van der Waals surface area contributed by atoms with E-state index in [4.69, 9.17) is 14.2 Å². The molecule has 0 spiro atoms. The van der Waals surface area contributed by atoms with E-state index >= 15 is 0 Å². The number of carbonyl (C=O) groups is 1. The van der Waals surface area contributed by atoms with Gasteiger partial charge in [0.25, 0.3) is 5.91 Å². The summed E-state index contributed by atoms with van der Waals surface area (Å²) in [6.45, 7) is 8.90. The number of hydrogen-bond acceptors (Lipinski definition) is 6. The molecule has 0 bridgehead atoms. The van der Waals surface area contributed by atoms with Crippen molar-refractivity contribution in [1.82, 2.24) is 5.32 Å². The van der Waals surface area contributed by atoms with Crippen LogP contribution in [0.4, 0.5) is 5.69 Å². The predicted octanol–water partition coefficient (Wildman–Crippen LogP) is 3.16. The fourth-order valence-corrected chi connectivity index (χ4v) is 4.79. The molecule has 4 rings (SSSR count). The first kappa shape index (κ1) is 23.2. The minimum Gasteiger partial charge on any atom is -0.486 e. The van der Waals surface area contributed by atoms with Gasteiger partial charge >= 0.3 is 0 Å². The van der Waals surface area contributed by atoms with Crippen LogP contribution in [0, 0.1) is 0 Å². The van der Waals surface area contributed by atoms with Gasteiger partial charge in [0.1, 0.15) is 19.0 Å². The number of ether oxygens (including phenoxy) is 3. The van der Waals surface area contributed by atoms with Crippen LogP contribution in [0.25, 0.3) is 0 Å². The van der Waals surface area contributed by atoms with Crippen LogP contribution in [0.1, 0.15) is 44.9 Å². The van der Waals surface area contributed by atoms with Crippen LogP contribution in [-0.4, -0.2) is 46.4 Å². The quantitative estimate of drug-likeness (QED) is 0.732. The van der Waals surface area contributed by atoms with Crippen molar-refractivity contribution in [2.45, 2.75) is 45.3 Å². The highest BCUT2D eigenvalue weighted by Crippen LogP contribution is 2.39. The summed E-state index contributed by atoms with van der Waals surface area (Å²) in [4.78, 5) is 13.1. The first-order chi connectivity index (χ1) is 15.4. The second-order valence-electron chi connectivity index (χ2n) is 9.47. The van der Waals surface area contributed by atoms with Crippen LogP contribution in [0.3, 0.4) is 0 Å². The summed E-state index contributed by atoms with van der Waals surface area (Å²) in [5.41, 5.74) is 2.12. The van der Waals surface area contributed by atoms with Gasteiger partial charge in [-0.1, -0.05) is 32.9 Å². The van der Waals surface area contributed by atoms with Gasteiger partial charge in [-0.05, 0) is 47.7 Å². The van der Waals surface area contributed by atoms with E-state index in [1.807, 2.05) is 37.3 Å². The summed E-state index contributed by atoms with van der Waals surface area (Å²) in [6.07, 6.45) is 0.158. The molecule has 0 saturated carbocycles. The monoisotopic (exact) mass is 474 g/mol. The average molecular weight is 475 g/mol. The van der Waals surface area contributed by atoms with Gasteiger partial charge in [0.2, 0.25) is 10.0 Å². The van der Waals surface area contributed by atoms with Crippen molar-refractivity contribution in [3.8, 4) is 17.2 Å². The first-order valence-corrected chi connectivity index (χ1v) is 12.8. The highest BCUT2D eigenvalue weighted by Gasteiger charge is 2.36. The number of amides is 1. The summed E-state index contributed by atoms with van der Waals surface area (Å²) in [6, 6.07) is 10.6. The normalized spacial score (nSPS) is 18.7. The fourth-order valence-electron chi connectivity index (χ4n) is 3.89. The highest BCUT2D eigenvalue weighted by atomic mass is 32.2. The molecule has 0 fully saturated rings. The number of rotatable bonds is 4. The zero-order valence-electron chi connectivity index (χ0n) is 19.5. The summed E-state index contributed by atoms with van der Waals surface area (Å²) < 4.78 is 43.5. The number of carbonyl (C=O) groups excluding carboxylic acids is 1. The topological polar surface area (TPSA) is 94.2 Å². The highest BCUT2D eigenvalue weighted by molar-refractivity contribution is 7.92. The van der Waals surface area contributed by atoms with E-state index in [1.165, 1.54) is 4.31 Å². The van der Waals surface area contributed by atoms with Crippen molar-refractivity contribution >= 4 is 21.6 Å². The number of anilines is 1. The first-order valence-electron chi connectivity index (χ1n) is 10.9. The summed E-state index contributed by atoms with van der Waals surface area (Å²) in [5, 5.41) is 2.93. The molecule has 2 aromatic rings. The molecule has 0 saturated heterocycles. The molecule has 9 heteroatoms. The molecule has 2 aromatic carbocycles. The molecule has 2 aliphatic heterocycles. The van der Waals surface area contributed by atoms with E-state index in [0.29, 0.717) is 36.1 Å². The standard InChI is InChI=1S/C24H30N2O6S/c1-15(16-6-8-20-21(12-16)31-11-10-30-20)25-23(27)22-14-26(33(5,28)29)18-13-17(24(2,3)4)7-9-19(18)32-22/h6-9,12-13,15,22H,10-11,14H2,1-5H3,(H,25,27)/t15-,22+/m0/s1. The fraction of sp³-hybridized carbons (Fsp3) is 0.458. The lowest BCUT2D eigenvalue weighted by atomic mass is 9.86. The second kappa shape index (κ2) is 8.44. The Morgan fingerprint density at radius 2 is 1.73 bits per heavy atom. The van der Waals surface area contributed by atoms with Gasteiger partial charge in [-0.2, -0.15) is 0 Å². The lowest BCUT2D eigenvalue weighted by Gasteiger charge is -2.35. The molecule has 0 aromatic heterocycles. The molecule has 2 atom stereocenters. The number of hydrogen-bond donors (Lipinski definition) is 1. The molecular weight excluding hydrogens is 444 g/mol. The molecule has 2 aliphatic rings. The molecule has 178 valence electrons. The van der Waals surface area contributed by atoms with Gasteiger partial charge < -0.3 is 19.5 Å². The van der Waals surface area contributed by atoms with Gasteiger partial charge in [0.05, 0.1) is 24.5 Å². The molecule has 1 N–H and O–H groups in total. The molecule has 0 radical (unpaired) electrons. The minimum atomic E-state index is -3.62. The number of benzene rings is 2. The van der Waals surface area contributed by atoms with E-state index in [1.54, 1.807) is 6.07 Å². The van der Waals surface area contributed by atoms with Crippen molar-refractivity contribution in [1.29, 1.82) is 0 Å². The van der Waals surface area contributed by atoms with Crippen LogP contribution in [0.15, 0.2) is 36.4 Å². The van der Waals surface area contributed by atoms with Crippen molar-refractivity contribution < 1.29 is 27.4 Å². The Balaban J connectivity index is 1.55. The third-order valence-electron chi connectivity index (χ3n) is 5.81. The lowest BCUT2D eigenvalue weighted by Crippen LogP contribution is -2.50. The van der Waals surface area contributed by atoms with Crippen LogP contribution < -0.4 is 23.8 Å². The van der Waals surface area contributed by atoms with Crippen LogP contribution in [-0.2, 0) is 20.2 Å². The van der Waals surface area contributed by atoms with E-state index in [-0.39, 0.29) is 18.0 Å². The van der Waals surface area contributed by atoms with Gasteiger partial charge in [0.15, 0.2) is 17.6 Å². The minimum absolute atomic E-state index is 0.0981. The smallest absolute Gasteiger partial charge is 0.263 e. The lowest BCUT2D eigenvalue weighted by molar-refractivity contribution is -0.128. The third-order valence-corrected chi connectivity index (χ3v) is 6.96. The van der Waals surface area contributed by atoms with Gasteiger partial charge in [0, 0.05) is 0 Å².